The minimum Gasteiger partial charge on any atom is -0.326 e. The van der Waals surface area contributed by atoms with Gasteiger partial charge in [-0.25, -0.2) is 9.59 Å². The number of hydrogen-bond donors (Lipinski definition) is 1. The van der Waals surface area contributed by atoms with E-state index in [1.54, 1.807) is 18.2 Å². The largest absolute Gasteiger partial charge is 0.377 e. The number of tetrazole rings is 1. The van der Waals surface area contributed by atoms with E-state index in [4.69, 9.17) is 28.9 Å². The molecule has 10 heteroatoms. The van der Waals surface area contributed by atoms with Crippen LogP contribution < -0.4 is 11.4 Å². The maximum atomic E-state index is 12.4. The Hall–Kier alpha value is -1.90. The molecule has 1 fully saturated rings. The number of hydrogen-bond acceptors (Lipinski definition) is 5. The van der Waals surface area contributed by atoms with Gasteiger partial charge >= 0.3 is 11.7 Å². The number of nitrogens with zero attached hydrogens (tertiary/aromatic N) is 5. The average Bonchev–Trinajstić information content (AvgIpc) is 2.88. The number of aromatic nitrogens is 4. The lowest BCUT2D eigenvalue weighted by Crippen LogP contribution is -2.49. The standard InChI is InChI=1S/C13H14Cl2N6O2/c14-9-4-1-5-10(15)11(9)20-13(23)21(18-17-20)12(22)19-6-2-3-8(16)7-19/h1,4-5,8H,2-3,6-7,16H2. The van der Waals surface area contributed by atoms with Gasteiger partial charge in [-0.15, -0.1) is 4.68 Å². The predicted octanol–water partition coefficient (Wildman–Crippen LogP) is 1.13. The molecule has 0 bridgehead atoms. The number of nitrogens with two attached hydrogens (primary N) is 1. The van der Waals surface area contributed by atoms with Crippen molar-refractivity contribution in [2.75, 3.05) is 13.1 Å². The van der Waals surface area contributed by atoms with E-state index in [0.717, 1.165) is 17.5 Å². The normalized spacial score (nSPS) is 18.2. The Kier molecular flexibility index (Phi) is 4.38. The van der Waals surface area contributed by atoms with E-state index in [1.807, 2.05) is 0 Å². The summed E-state index contributed by atoms with van der Waals surface area (Å²) in [6, 6.07) is 4.12. The highest BCUT2D eigenvalue weighted by Crippen LogP contribution is 2.26. The van der Waals surface area contributed by atoms with Crippen LogP contribution in [0.15, 0.2) is 23.0 Å². The van der Waals surface area contributed by atoms with Crippen LogP contribution in [-0.2, 0) is 0 Å². The average molecular weight is 357 g/mol. The zero-order valence-corrected chi connectivity index (χ0v) is 13.5. The first-order chi connectivity index (χ1) is 11.0. The van der Waals surface area contributed by atoms with Gasteiger partial charge < -0.3 is 10.6 Å². The highest BCUT2D eigenvalue weighted by atomic mass is 35.5. The van der Waals surface area contributed by atoms with Gasteiger partial charge in [-0.3, -0.25) is 0 Å². The van der Waals surface area contributed by atoms with E-state index >= 15 is 0 Å². The van der Waals surface area contributed by atoms with Crippen molar-refractivity contribution in [3.8, 4) is 5.69 Å². The maximum Gasteiger partial charge on any atom is 0.377 e. The number of carbonyl (C=O) groups excluding carboxylic acids is 1. The van der Waals surface area contributed by atoms with Crippen LogP contribution in [0.4, 0.5) is 4.79 Å². The molecule has 1 saturated heterocycles. The van der Waals surface area contributed by atoms with Crippen LogP contribution in [-0.4, -0.2) is 49.9 Å². The van der Waals surface area contributed by atoms with E-state index in [2.05, 4.69) is 10.4 Å². The first kappa shape index (κ1) is 16.0. The zero-order chi connectivity index (χ0) is 16.6. The van der Waals surface area contributed by atoms with Crippen LogP contribution in [0.2, 0.25) is 10.0 Å². The molecule has 0 radical (unpaired) electrons. The Morgan fingerprint density at radius 2 is 1.96 bits per heavy atom. The van der Waals surface area contributed by atoms with Crippen molar-refractivity contribution < 1.29 is 4.79 Å². The summed E-state index contributed by atoms with van der Waals surface area (Å²) in [5, 5.41) is 7.82. The lowest BCUT2D eigenvalue weighted by Gasteiger charge is -2.29. The number of carbonyl (C=O) groups is 1. The molecule has 0 saturated carbocycles. The minimum atomic E-state index is -0.732. The van der Waals surface area contributed by atoms with Crippen LogP contribution in [0.1, 0.15) is 12.8 Å². The Morgan fingerprint density at radius 1 is 1.26 bits per heavy atom. The second-order valence-corrected chi connectivity index (χ2v) is 6.10. The molecule has 1 atom stereocenters. The minimum absolute atomic E-state index is 0.101. The predicted molar refractivity (Wildman–Crippen MR) is 85.2 cm³/mol. The fraction of sp³-hybridized carbons (Fsp3) is 0.385. The number of benzene rings is 1. The fourth-order valence-corrected chi connectivity index (χ4v) is 3.07. The molecule has 1 aromatic heterocycles. The summed E-state index contributed by atoms with van der Waals surface area (Å²) in [5.74, 6) is 0. The molecule has 3 rings (SSSR count). The highest BCUT2D eigenvalue weighted by Gasteiger charge is 2.26. The smallest absolute Gasteiger partial charge is 0.326 e. The summed E-state index contributed by atoms with van der Waals surface area (Å²) in [6.45, 7) is 0.906. The number of amides is 1. The number of para-hydroxylation sites is 1. The Morgan fingerprint density at radius 3 is 2.61 bits per heavy atom. The molecular formula is C13H14Cl2N6O2. The van der Waals surface area contributed by atoms with Crippen molar-refractivity contribution in [3.05, 3.63) is 38.7 Å². The molecule has 1 aromatic carbocycles. The van der Waals surface area contributed by atoms with Gasteiger partial charge in [-0.05, 0) is 35.4 Å². The van der Waals surface area contributed by atoms with E-state index < -0.39 is 11.7 Å². The Bertz CT molecular complexity index is 782. The quantitative estimate of drug-likeness (QED) is 0.772. The molecule has 8 nitrogen and oxygen atoms in total. The third kappa shape index (κ3) is 2.97. The van der Waals surface area contributed by atoms with Crippen LogP contribution in [0.3, 0.4) is 0 Å². The second kappa shape index (κ2) is 6.31. The number of rotatable bonds is 1. The first-order valence-corrected chi connectivity index (χ1v) is 7.79. The zero-order valence-electron chi connectivity index (χ0n) is 12.0. The van der Waals surface area contributed by atoms with Gasteiger partial charge in [0, 0.05) is 19.1 Å². The van der Waals surface area contributed by atoms with Gasteiger partial charge in [-0.2, -0.15) is 4.68 Å². The molecule has 2 aromatic rings. The topological polar surface area (TPSA) is 99.0 Å². The van der Waals surface area contributed by atoms with Crippen molar-refractivity contribution >= 4 is 29.2 Å². The number of halogens is 2. The Labute approximate surface area is 141 Å². The van der Waals surface area contributed by atoms with Gasteiger partial charge in [-0.1, -0.05) is 29.3 Å². The second-order valence-electron chi connectivity index (χ2n) is 5.29. The molecule has 1 unspecified atom stereocenters. The van der Waals surface area contributed by atoms with Gasteiger partial charge in [0.25, 0.3) is 0 Å². The summed E-state index contributed by atoms with van der Waals surface area (Å²) in [7, 11) is 0. The van der Waals surface area contributed by atoms with Crippen molar-refractivity contribution in [3.63, 3.8) is 0 Å². The summed E-state index contributed by atoms with van der Waals surface area (Å²) in [6.07, 6.45) is 1.63. The summed E-state index contributed by atoms with van der Waals surface area (Å²) in [4.78, 5) is 26.4. The molecule has 1 aliphatic rings. The van der Waals surface area contributed by atoms with E-state index in [0.29, 0.717) is 17.8 Å². The molecule has 2 N–H and O–H groups in total. The highest BCUT2D eigenvalue weighted by molar-refractivity contribution is 6.37. The maximum absolute atomic E-state index is 12.4. The lowest BCUT2D eigenvalue weighted by atomic mass is 10.1. The Balaban J connectivity index is 1.97. The molecule has 1 amide bonds. The molecule has 2 heterocycles. The van der Waals surface area contributed by atoms with Crippen molar-refractivity contribution in [2.45, 2.75) is 18.9 Å². The van der Waals surface area contributed by atoms with E-state index in [9.17, 15) is 9.59 Å². The van der Waals surface area contributed by atoms with Gasteiger partial charge in [0.1, 0.15) is 5.69 Å². The SMILES string of the molecule is NC1CCCN(C(=O)n2nnn(-c3c(Cl)cccc3Cl)c2=O)C1. The molecule has 0 spiro atoms. The van der Waals surface area contributed by atoms with E-state index in [1.165, 1.54) is 4.90 Å². The third-order valence-corrected chi connectivity index (χ3v) is 4.25. The lowest BCUT2D eigenvalue weighted by molar-refractivity contribution is 0.177. The van der Waals surface area contributed by atoms with Crippen LogP contribution in [0.5, 0.6) is 0 Å². The first-order valence-electron chi connectivity index (χ1n) is 7.03. The fourth-order valence-electron chi connectivity index (χ4n) is 2.52. The number of piperidine rings is 1. The summed E-state index contributed by atoms with van der Waals surface area (Å²) in [5.41, 5.74) is 5.32. The third-order valence-electron chi connectivity index (χ3n) is 3.64. The molecule has 122 valence electrons. The van der Waals surface area contributed by atoms with Crippen molar-refractivity contribution in [2.24, 2.45) is 5.73 Å². The van der Waals surface area contributed by atoms with Gasteiger partial charge in [0.15, 0.2) is 0 Å². The van der Waals surface area contributed by atoms with Crippen molar-refractivity contribution in [1.29, 1.82) is 0 Å². The monoisotopic (exact) mass is 356 g/mol. The summed E-state index contributed by atoms with van der Waals surface area (Å²) < 4.78 is 1.60. The van der Waals surface area contributed by atoms with Gasteiger partial charge in [0.2, 0.25) is 0 Å². The van der Waals surface area contributed by atoms with Crippen molar-refractivity contribution in [1.82, 2.24) is 24.7 Å². The van der Waals surface area contributed by atoms with Crippen LogP contribution >= 0.6 is 23.2 Å². The van der Waals surface area contributed by atoms with E-state index in [-0.39, 0.29) is 21.8 Å². The molecule has 23 heavy (non-hydrogen) atoms. The molecule has 0 aliphatic carbocycles. The number of likely N-dealkylation sites (tertiary alicyclic amines) is 1. The molecular weight excluding hydrogens is 343 g/mol. The van der Waals surface area contributed by atoms with Gasteiger partial charge in [0.05, 0.1) is 10.0 Å². The van der Waals surface area contributed by atoms with Crippen LogP contribution in [0, 0.1) is 0 Å². The molecule has 1 aliphatic heterocycles. The van der Waals surface area contributed by atoms with Crippen LogP contribution in [0.25, 0.3) is 5.69 Å². The summed E-state index contributed by atoms with van der Waals surface area (Å²) >= 11 is 12.1.